The van der Waals surface area contributed by atoms with Crippen LogP contribution in [0, 0.1) is 0 Å². The van der Waals surface area contributed by atoms with Crippen molar-refractivity contribution in [1.82, 2.24) is 0 Å². The summed E-state index contributed by atoms with van der Waals surface area (Å²) in [4.78, 5) is 0. The molecule has 1 aromatic carbocycles. The number of ether oxygens (including phenoxy) is 1. The number of hydrogen-bond acceptors (Lipinski definition) is 2. The molecule has 0 saturated carbocycles. The minimum atomic E-state index is -4.50. The Kier molecular flexibility index (Phi) is 6.86. The van der Waals surface area contributed by atoms with Crippen LogP contribution < -0.4 is 10.5 Å². The van der Waals surface area contributed by atoms with Crippen LogP contribution in [0.2, 0.25) is 0 Å². The fourth-order valence-electron chi connectivity index (χ4n) is 1.42. The smallest absolute Gasteiger partial charge is 0.419 e. The third-order valence-electron chi connectivity index (χ3n) is 2.32. The molecule has 0 aromatic heterocycles. The zero-order chi connectivity index (χ0) is 13.8. The molecule has 1 aromatic rings. The van der Waals surface area contributed by atoms with Crippen LogP contribution in [0.5, 0.6) is 5.75 Å². The highest BCUT2D eigenvalue weighted by molar-refractivity contribution is 5.85. The van der Waals surface area contributed by atoms with Gasteiger partial charge >= 0.3 is 6.18 Å². The van der Waals surface area contributed by atoms with Crippen molar-refractivity contribution in [3.8, 4) is 5.75 Å². The molecule has 0 spiro atoms. The van der Waals surface area contributed by atoms with Gasteiger partial charge in [-0.3, -0.25) is 0 Å². The van der Waals surface area contributed by atoms with Crippen LogP contribution >= 0.6 is 12.4 Å². The molecule has 0 saturated heterocycles. The molecule has 0 radical (unpaired) electrons. The summed E-state index contributed by atoms with van der Waals surface area (Å²) in [5.41, 5.74) is 4.51. The lowest BCUT2D eigenvalue weighted by molar-refractivity contribution is -0.138. The number of alkyl halides is 3. The van der Waals surface area contributed by atoms with Crippen LogP contribution in [0.15, 0.2) is 30.1 Å². The fraction of sp³-hybridized carbons (Fsp3) is 0.333. The highest BCUT2D eigenvalue weighted by Gasteiger charge is 2.34. The Bertz CT molecular complexity index is 446. The van der Waals surface area contributed by atoms with Crippen LogP contribution in [-0.4, -0.2) is 13.7 Å². The molecule has 7 heteroatoms. The van der Waals surface area contributed by atoms with E-state index < -0.39 is 17.6 Å². The van der Waals surface area contributed by atoms with E-state index in [2.05, 4.69) is 4.74 Å². The van der Waals surface area contributed by atoms with Gasteiger partial charge in [0, 0.05) is 6.54 Å². The van der Waals surface area contributed by atoms with Crippen molar-refractivity contribution in [3.63, 3.8) is 0 Å². The molecule has 0 aliphatic rings. The number of rotatable bonds is 4. The van der Waals surface area contributed by atoms with E-state index in [1.165, 1.54) is 12.1 Å². The van der Waals surface area contributed by atoms with E-state index in [1.807, 2.05) is 0 Å². The maximum atomic E-state index is 12.8. The lowest BCUT2D eigenvalue weighted by Crippen LogP contribution is -2.08. The van der Waals surface area contributed by atoms with Crippen molar-refractivity contribution >= 4 is 12.4 Å². The summed E-state index contributed by atoms with van der Waals surface area (Å²) in [5.74, 6) is -0.811. The number of benzene rings is 1. The third kappa shape index (κ3) is 5.08. The summed E-state index contributed by atoms with van der Waals surface area (Å²) in [5, 5.41) is 0. The summed E-state index contributed by atoms with van der Waals surface area (Å²) in [6, 6.07) is 3.61. The van der Waals surface area contributed by atoms with E-state index in [0.717, 1.165) is 19.3 Å². The van der Waals surface area contributed by atoms with Crippen molar-refractivity contribution in [3.05, 3.63) is 41.2 Å². The topological polar surface area (TPSA) is 35.2 Å². The van der Waals surface area contributed by atoms with E-state index in [9.17, 15) is 17.6 Å². The average Bonchev–Trinajstić information content (AvgIpc) is 2.34. The second-order valence-electron chi connectivity index (χ2n) is 3.59. The predicted octanol–water partition coefficient (Wildman–Crippen LogP) is 3.49. The summed E-state index contributed by atoms with van der Waals surface area (Å²) < 4.78 is 55.5. The number of hydrogen-bond donors (Lipinski definition) is 1. The molecule has 1 rings (SSSR count). The second-order valence-corrected chi connectivity index (χ2v) is 3.59. The predicted molar refractivity (Wildman–Crippen MR) is 67.2 cm³/mol. The fourth-order valence-corrected chi connectivity index (χ4v) is 1.42. The first-order chi connectivity index (χ1) is 8.38. The minimum Gasteiger partial charge on any atom is -0.496 e. The van der Waals surface area contributed by atoms with Crippen LogP contribution in [0.25, 0.3) is 0 Å². The maximum Gasteiger partial charge on any atom is 0.419 e. The molecule has 0 amide bonds. The Morgan fingerprint density at radius 1 is 1.37 bits per heavy atom. The van der Waals surface area contributed by atoms with Crippen molar-refractivity contribution in [2.75, 3.05) is 13.7 Å². The molecule has 0 unspecified atom stereocenters. The Morgan fingerprint density at radius 2 is 2.00 bits per heavy atom. The standard InChI is InChI=1S/C12H13F4NO.ClH/c1-18-11-5-3-8(2-4-9(13)7-17)6-10(11)12(14,15)16;/h3-6H,2,7,17H2,1H3;1H/b9-4-;. The summed E-state index contributed by atoms with van der Waals surface area (Å²) in [7, 11) is 1.16. The Hall–Kier alpha value is -1.27. The summed E-state index contributed by atoms with van der Waals surface area (Å²) >= 11 is 0. The molecule has 0 aliphatic carbocycles. The molecule has 0 atom stereocenters. The van der Waals surface area contributed by atoms with E-state index >= 15 is 0 Å². The maximum absolute atomic E-state index is 12.8. The number of methoxy groups -OCH3 is 1. The minimum absolute atomic E-state index is 0. The van der Waals surface area contributed by atoms with Gasteiger partial charge in [-0.15, -0.1) is 12.4 Å². The van der Waals surface area contributed by atoms with E-state index in [-0.39, 0.29) is 31.1 Å². The van der Waals surface area contributed by atoms with Crippen LogP contribution in [-0.2, 0) is 12.6 Å². The van der Waals surface area contributed by atoms with Gasteiger partial charge in [-0.05, 0) is 30.2 Å². The molecular weight excluding hydrogens is 286 g/mol. The molecule has 0 fully saturated rings. The summed E-state index contributed by atoms with van der Waals surface area (Å²) in [6.07, 6.45) is -3.30. The Morgan fingerprint density at radius 3 is 2.47 bits per heavy atom. The van der Waals surface area contributed by atoms with Crippen LogP contribution in [0.4, 0.5) is 17.6 Å². The average molecular weight is 300 g/mol. The lowest BCUT2D eigenvalue weighted by Gasteiger charge is -2.12. The van der Waals surface area contributed by atoms with Crippen LogP contribution in [0.3, 0.4) is 0 Å². The van der Waals surface area contributed by atoms with Gasteiger partial charge in [0.1, 0.15) is 11.6 Å². The van der Waals surface area contributed by atoms with Gasteiger partial charge in [-0.1, -0.05) is 6.07 Å². The van der Waals surface area contributed by atoms with E-state index in [4.69, 9.17) is 5.73 Å². The van der Waals surface area contributed by atoms with Gasteiger partial charge in [0.2, 0.25) is 0 Å². The first kappa shape index (κ1) is 17.7. The molecule has 0 aliphatic heterocycles. The van der Waals surface area contributed by atoms with Gasteiger partial charge in [-0.2, -0.15) is 13.2 Å². The molecule has 2 nitrogen and oxygen atoms in total. The second kappa shape index (κ2) is 7.35. The van der Waals surface area contributed by atoms with E-state index in [1.54, 1.807) is 0 Å². The van der Waals surface area contributed by atoms with Gasteiger partial charge in [0.25, 0.3) is 0 Å². The van der Waals surface area contributed by atoms with Crippen LogP contribution in [0.1, 0.15) is 11.1 Å². The molecule has 108 valence electrons. The monoisotopic (exact) mass is 299 g/mol. The van der Waals surface area contributed by atoms with Gasteiger partial charge in [0.15, 0.2) is 0 Å². The lowest BCUT2D eigenvalue weighted by atomic mass is 10.1. The van der Waals surface area contributed by atoms with E-state index in [0.29, 0.717) is 5.56 Å². The number of nitrogens with two attached hydrogens (primary N) is 1. The Balaban J connectivity index is 0.00000324. The highest BCUT2D eigenvalue weighted by atomic mass is 35.5. The molecule has 0 bridgehead atoms. The molecular formula is C12H14ClF4NO. The summed E-state index contributed by atoms with van der Waals surface area (Å²) in [6.45, 7) is -0.262. The van der Waals surface area contributed by atoms with Crippen molar-refractivity contribution < 1.29 is 22.3 Å². The van der Waals surface area contributed by atoms with Gasteiger partial charge < -0.3 is 10.5 Å². The molecule has 0 heterocycles. The Labute approximate surface area is 114 Å². The van der Waals surface area contributed by atoms with Crippen molar-refractivity contribution in [2.24, 2.45) is 5.73 Å². The first-order valence-corrected chi connectivity index (χ1v) is 5.17. The number of allylic oxidation sites excluding steroid dienone is 1. The highest BCUT2D eigenvalue weighted by Crippen LogP contribution is 2.36. The normalized spacial score (nSPS) is 12.0. The van der Waals surface area contributed by atoms with Crippen molar-refractivity contribution in [2.45, 2.75) is 12.6 Å². The quantitative estimate of drug-likeness (QED) is 0.864. The zero-order valence-corrected chi connectivity index (χ0v) is 10.9. The molecule has 19 heavy (non-hydrogen) atoms. The van der Waals surface area contributed by atoms with Crippen molar-refractivity contribution in [1.29, 1.82) is 0 Å². The first-order valence-electron chi connectivity index (χ1n) is 5.17. The zero-order valence-electron chi connectivity index (χ0n) is 10.1. The third-order valence-corrected chi connectivity index (χ3v) is 2.32. The van der Waals surface area contributed by atoms with Gasteiger partial charge in [-0.25, -0.2) is 4.39 Å². The molecule has 2 N–H and O–H groups in total. The largest absolute Gasteiger partial charge is 0.496 e. The SMILES string of the molecule is COc1ccc(C/C=C(\F)CN)cc1C(F)(F)F.Cl. The van der Waals surface area contributed by atoms with Gasteiger partial charge in [0.05, 0.1) is 12.7 Å². The number of halogens is 5.